The topological polar surface area (TPSA) is 26.3 Å². The first-order chi connectivity index (χ1) is 12.6. The quantitative estimate of drug-likeness (QED) is 0.223. The highest BCUT2D eigenvalue weighted by atomic mass is 19.4. The van der Waals surface area contributed by atoms with Gasteiger partial charge in [0.1, 0.15) is 0 Å². The highest BCUT2D eigenvalue weighted by molar-refractivity contribution is 5.69. The van der Waals surface area contributed by atoms with Crippen LogP contribution in [0, 0.1) is 5.92 Å². The standard InChI is InChI=1S/C14H15F13O2/c1-3-4-5-29-8(28)6-7(2)9(15,16)10(17,18)11(19,20)12(21,22)13(23,24)14(25,26)27/h7H,3-6H2,1-2H3. The third-order valence-corrected chi connectivity index (χ3v) is 3.81. The highest BCUT2D eigenvalue weighted by Crippen LogP contribution is 2.61. The van der Waals surface area contributed by atoms with E-state index in [0.29, 0.717) is 6.42 Å². The van der Waals surface area contributed by atoms with E-state index in [-0.39, 0.29) is 20.0 Å². The van der Waals surface area contributed by atoms with Gasteiger partial charge in [-0.15, -0.1) is 0 Å². The molecular weight excluding hydrogens is 447 g/mol. The van der Waals surface area contributed by atoms with E-state index in [1.807, 2.05) is 0 Å². The second-order valence-corrected chi connectivity index (χ2v) is 6.10. The normalized spacial score (nSPS) is 16.0. The van der Waals surface area contributed by atoms with Gasteiger partial charge >= 0.3 is 41.8 Å². The van der Waals surface area contributed by atoms with Crippen LogP contribution in [0.5, 0.6) is 0 Å². The number of unbranched alkanes of at least 4 members (excludes halogenated alkanes) is 1. The summed E-state index contributed by atoms with van der Waals surface area (Å²) in [6.07, 6.45) is -8.56. The lowest BCUT2D eigenvalue weighted by molar-refractivity contribution is -0.442. The third-order valence-electron chi connectivity index (χ3n) is 3.81. The summed E-state index contributed by atoms with van der Waals surface area (Å²) in [6.45, 7) is 1.23. The fourth-order valence-corrected chi connectivity index (χ4v) is 1.86. The van der Waals surface area contributed by atoms with Crippen LogP contribution in [0.25, 0.3) is 0 Å². The molecule has 0 bridgehead atoms. The Hall–Kier alpha value is -1.44. The smallest absolute Gasteiger partial charge is 0.460 e. The van der Waals surface area contributed by atoms with Crippen molar-refractivity contribution in [2.45, 2.75) is 68.9 Å². The fraction of sp³-hybridized carbons (Fsp3) is 0.929. The van der Waals surface area contributed by atoms with E-state index in [1.54, 1.807) is 6.92 Å². The number of carbonyl (C=O) groups is 1. The van der Waals surface area contributed by atoms with Crippen LogP contribution in [-0.4, -0.2) is 48.4 Å². The molecular formula is C14H15F13O2. The second-order valence-electron chi connectivity index (χ2n) is 6.10. The molecule has 0 saturated carbocycles. The van der Waals surface area contributed by atoms with Crippen molar-refractivity contribution in [3.63, 3.8) is 0 Å². The minimum absolute atomic E-state index is 0.00507. The zero-order valence-corrected chi connectivity index (χ0v) is 14.6. The Bertz CT molecular complexity index is 568. The minimum Gasteiger partial charge on any atom is -0.466 e. The summed E-state index contributed by atoms with van der Waals surface area (Å²) < 4.78 is 173. The summed E-state index contributed by atoms with van der Waals surface area (Å²) in [5.41, 5.74) is 0. The van der Waals surface area contributed by atoms with Crippen LogP contribution in [0.4, 0.5) is 57.1 Å². The Morgan fingerprint density at radius 3 is 1.55 bits per heavy atom. The first-order valence-electron chi connectivity index (χ1n) is 7.74. The van der Waals surface area contributed by atoms with Crippen LogP contribution in [0.2, 0.25) is 0 Å². The maximum Gasteiger partial charge on any atom is 0.460 e. The van der Waals surface area contributed by atoms with E-state index in [1.165, 1.54) is 0 Å². The van der Waals surface area contributed by atoms with Crippen molar-refractivity contribution in [3.05, 3.63) is 0 Å². The Morgan fingerprint density at radius 1 is 0.759 bits per heavy atom. The van der Waals surface area contributed by atoms with Crippen LogP contribution in [-0.2, 0) is 9.53 Å². The number of hydrogen-bond acceptors (Lipinski definition) is 2. The molecule has 15 heteroatoms. The third kappa shape index (κ3) is 4.67. The van der Waals surface area contributed by atoms with Crippen molar-refractivity contribution in [3.8, 4) is 0 Å². The minimum atomic E-state index is -7.95. The van der Waals surface area contributed by atoms with Gasteiger partial charge in [-0.25, -0.2) is 0 Å². The molecule has 0 N–H and O–H groups in total. The van der Waals surface area contributed by atoms with Crippen LogP contribution in [0.1, 0.15) is 33.1 Å². The van der Waals surface area contributed by atoms with Crippen LogP contribution < -0.4 is 0 Å². The highest BCUT2D eigenvalue weighted by Gasteiger charge is 2.91. The summed E-state index contributed by atoms with van der Waals surface area (Å²) in [5.74, 6) is -42.1. The molecule has 0 aliphatic rings. The predicted octanol–water partition coefficient (Wildman–Crippen LogP) is 6.09. The Labute approximate surface area is 155 Å². The van der Waals surface area contributed by atoms with Crippen molar-refractivity contribution >= 4 is 5.97 Å². The molecule has 0 radical (unpaired) electrons. The van der Waals surface area contributed by atoms with Crippen LogP contribution in [0.3, 0.4) is 0 Å². The zero-order valence-electron chi connectivity index (χ0n) is 14.6. The van der Waals surface area contributed by atoms with Gasteiger partial charge in [-0.3, -0.25) is 4.79 Å². The molecule has 29 heavy (non-hydrogen) atoms. The average molecular weight is 462 g/mol. The Morgan fingerprint density at radius 2 is 1.17 bits per heavy atom. The van der Waals surface area contributed by atoms with Crippen LogP contribution in [0.15, 0.2) is 0 Å². The lowest BCUT2D eigenvalue weighted by Crippen LogP contribution is -2.70. The van der Waals surface area contributed by atoms with Gasteiger partial charge in [-0.05, 0) is 6.42 Å². The molecule has 0 aliphatic carbocycles. The van der Waals surface area contributed by atoms with E-state index in [0.717, 1.165) is 0 Å². The molecule has 0 rings (SSSR count). The van der Waals surface area contributed by atoms with Gasteiger partial charge in [0.15, 0.2) is 0 Å². The first kappa shape index (κ1) is 27.6. The SMILES string of the molecule is CCCCOC(=O)CC(C)C(F)(F)C(F)(F)C(F)(F)C(F)(F)C(F)(F)C(F)(F)F. The lowest BCUT2D eigenvalue weighted by atomic mass is 9.87. The first-order valence-corrected chi connectivity index (χ1v) is 7.74. The number of carbonyl (C=O) groups excluding carboxylic acids is 1. The molecule has 0 aliphatic heterocycles. The Kier molecular flexibility index (Phi) is 7.94. The van der Waals surface area contributed by atoms with Gasteiger partial charge in [0, 0.05) is 5.92 Å². The second kappa shape index (κ2) is 8.36. The zero-order chi connectivity index (χ0) is 23.7. The van der Waals surface area contributed by atoms with Gasteiger partial charge in [0.2, 0.25) is 0 Å². The van der Waals surface area contributed by atoms with E-state index in [9.17, 15) is 61.9 Å². The van der Waals surface area contributed by atoms with Crippen molar-refractivity contribution in [2.75, 3.05) is 6.61 Å². The number of rotatable bonds is 10. The maximum atomic E-state index is 13.8. The van der Waals surface area contributed by atoms with Gasteiger partial charge < -0.3 is 4.74 Å². The summed E-state index contributed by atoms with van der Waals surface area (Å²) in [4.78, 5) is 11.2. The van der Waals surface area contributed by atoms with Gasteiger partial charge in [0.05, 0.1) is 13.0 Å². The monoisotopic (exact) mass is 462 g/mol. The predicted molar refractivity (Wildman–Crippen MR) is 70.4 cm³/mol. The summed E-state index contributed by atoms with van der Waals surface area (Å²) in [6, 6.07) is 0. The lowest BCUT2D eigenvalue weighted by Gasteiger charge is -2.41. The molecule has 0 saturated heterocycles. The van der Waals surface area contributed by atoms with Crippen molar-refractivity contribution in [1.29, 1.82) is 0 Å². The van der Waals surface area contributed by atoms with E-state index < -0.39 is 54.1 Å². The molecule has 0 aromatic heterocycles. The van der Waals surface area contributed by atoms with Crippen LogP contribution >= 0.6 is 0 Å². The molecule has 2 nitrogen and oxygen atoms in total. The van der Waals surface area contributed by atoms with Crippen molar-refractivity contribution in [1.82, 2.24) is 0 Å². The summed E-state index contributed by atoms with van der Waals surface area (Å²) >= 11 is 0. The van der Waals surface area contributed by atoms with Crippen molar-refractivity contribution in [2.24, 2.45) is 5.92 Å². The molecule has 1 unspecified atom stereocenters. The van der Waals surface area contributed by atoms with Gasteiger partial charge in [-0.1, -0.05) is 20.3 Å². The molecule has 174 valence electrons. The number of ether oxygens (including phenoxy) is 1. The molecule has 0 aromatic carbocycles. The summed E-state index contributed by atoms with van der Waals surface area (Å²) in [5, 5.41) is 0. The molecule has 0 aromatic rings. The van der Waals surface area contributed by atoms with E-state index in [2.05, 4.69) is 4.74 Å². The van der Waals surface area contributed by atoms with E-state index >= 15 is 0 Å². The molecule has 0 amide bonds. The molecule has 0 spiro atoms. The summed E-state index contributed by atoms with van der Waals surface area (Å²) in [7, 11) is 0. The molecule has 0 heterocycles. The maximum absolute atomic E-state index is 13.8. The number of esters is 1. The number of halogens is 13. The van der Waals surface area contributed by atoms with E-state index in [4.69, 9.17) is 0 Å². The molecule has 0 fully saturated rings. The Balaban J connectivity index is 5.89. The number of alkyl halides is 13. The molecule has 1 atom stereocenters. The van der Waals surface area contributed by atoms with Gasteiger partial charge in [0.25, 0.3) is 0 Å². The van der Waals surface area contributed by atoms with Crippen molar-refractivity contribution < 1.29 is 66.6 Å². The average Bonchev–Trinajstić information content (AvgIpc) is 2.53. The van der Waals surface area contributed by atoms with Gasteiger partial charge in [-0.2, -0.15) is 57.1 Å². The number of hydrogen-bond donors (Lipinski definition) is 0. The fourth-order valence-electron chi connectivity index (χ4n) is 1.86. The largest absolute Gasteiger partial charge is 0.466 e.